The number of likely N-dealkylation sites (tertiary alicyclic amines) is 1. The Morgan fingerprint density at radius 3 is 2.30 bits per heavy atom. The van der Waals surface area contributed by atoms with Gasteiger partial charge in [0, 0.05) is 12.2 Å². The van der Waals surface area contributed by atoms with Crippen molar-refractivity contribution in [2.24, 2.45) is 0 Å². The molecule has 0 atom stereocenters. The summed E-state index contributed by atoms with van der Waals surface area (Å²) >= 11 is 0. The van der Waals surface area contributed by atoms with Crippen LogP contribution in [-0.2, 0) is 16.0 Å². The molecule has 0 bridgehead atoms. The zero-order chi connectivity index (χ0) is 13.9. The summed E-state index contributed by atoms with van der Waals surface area (Å²) in [5, 5.41) is 0. The summed E-state index contributed by atoms with van der Waals surface area (Å²) in [5.41, 5.74) is 2.13. The van der Waals surface area contributed by atoms with Crippen molar-refractivity contribution in [1.82, 2.24) is 4.90 Å². The van der Waals surface area contributed by atoms with Gasteiger partial charge < -0.3 is 9.80 Å². The van der Waals surface area contributed by atoms with Gasteiger partial charge in [-0.05, 0) is 50.0 Å². The van der Waals surface area contributed by atoms with Crippen molar-refractivity contribution in [2.45, 2.75) is 25.7 Å². The molecule has 1 aromatic rings. The molecule has 0 aromatic heterocycles. The number of ketones is 1. The van der Waals surface area contributed by atoms with Crippen LogP contribution in [0.3, 0.4) is 0 Å². The number of nitrogens with zero attached hydrogens (tertiary/aromatic N) is 2. The minimum Gasteiger partial charge on any atom is -0.305 e. The minimum absolute atomic E-state index is 0.00751. The first-order valence-corrected chi connectivity index (χ1v) is 7.36. The zero-order valence-electron chi connectivity index (χ0n) is 11.7. The third kappa shape index (κ3) is 2.90. The molecule has 2 aliphatic rings. The van der Waals surface area contributed by atoms with Crippen LogP contribution in [0.2, 0.25) is 0 Å². The molecule has 0 spiro atoms. The number of carbonyl (C=O) groups is 2. The fraction of sp³-hybridized carbons (Fsp3) is 0.500. The Hall–Kier alpha value is -1.68. The van der Waals surface area contributed by atoms with Gasteiger partial charge in [-0.15, -0.1) is 0 Å². The number of rotatable bonds is 4. The van der Waals surface area contributed by atoms with Crippen LogP contribution in [0.4, 0.5) is 5.69 Å². The number of amides is 1. The second kappa shape index (κ2) is 5.75. The summed E-state index contributed by atoms with van der Waals surface area (Å²) in [6, 6.07) is 8.05. The SMILES string of the molecule is O=C1CC(=O)N(c2ccc(CCN3CCCC3)cc2)C1. The van der Waals surface area contributed by atoms with Crippen molar-refractivity contribution in [3.63, 3.8) is 0 Å². The molecule has 2 aliphatic heterocycles. The predicted octanol–water partition coefficient (Wildman–Crippen LogP) is 1.63. The Labute approximate surface area is 119 Å². The van der Waals surface area contributed by atoms with E-state index >= 15 is 0 Å². The second-order valence-corrected chi connectivity index (χ2v) is 5.66. The third-order valence-electron chi connectivity index (χ3n) is 4.15. The van der Waals surface area contributed by atoms with E-state index in [1.807, 2.05) is 12.1 Å². The van der Waals surface area contributed by atoms with Crippen LogP contribution in [0.1, 0.15) is 24.8 Å². The Morgan fingerprint density at radius 2 is 1.70 bits per heavy atom. The summed E-state index contributed by atoms with van der Waals surface area (Å²) in [4.78, 5) is 27.0. The van der Waals surface area contributed by atoms with Crippen molar-refractivity contribution in [3.05, 3.63) is 29.8 Å². The van der Waals surface area contributed by atoms with E-state index < -0.39 is 0 Å². The van der Waals surface area contributed by atoms with Gasteiger partial charge in [0.2, 0.25) is 5.91 Å². The van der Waals surface area contributed by atoms with Gasteiger partial charge in [-0.3, -0.25) is 9.59 Å². The highest BCUT2D eigenvalue weighted by Crippen LogP contribution is 2.20. The summed E-state index contributed by atoms with van der Waals surface area (Å²) in [5.74, 6) is -0.0760. The van der Waals surface area contributed by atoms with Gasteiger partial charge in [-0.2, -0.15) is 0 Å². The Bertz CT molecular complexity index is 504. The molecule has 1 amide bonds. The molecular formula is C16H20N2O2. The van der Waals surface area contributed by atoms with Gasteiger partial charge in [0.15, 0.2) is 5.78 Å². The lowest BCUT2D eigenvalue weighted by Gasteiger charge is -2.16. The van der Waals surface area contributed by atoms with E-state index in [2.05, 4.69) is 17.0 Å². The number of hydrogen-bond donors (Lipinski definition) is 0. The number of anilines is 1. The maximum absolute atomic E-state index is 11.7. The Balaban J connectivity index is 1.59. The lowest BCUT2D eigenvalue weighted by atomic mass is 10.1. The first kappa shape index (κ1) is 13.3. The van der Waals surface area contributed by atoms with Gasteiger partial charge in [-0.1, -0.05) is 12.1 Å². The molecule has 0 aliphatic carbocycles. The highest BCUT2D eigenvalue weighted by Gasteiger charge is 2.28. The molecule has 3 rings (SSSR count). The van der Waals surface area contributed by atoms with Crippen LogP contribution in [0.25, 0.3) is 0 Å². The normalized spacial score (nSPS) is 20.1. The molecule has 0 unspecified atom stereocenters. The molecule has 2 fully saturated rings. The first-order chi connectivity index (χ1) is 9.72. The Kier molecular flexibility index (Phi) is 3.83. The van der Waals surface area contributed by atoms with Crippen molar-refractivity contribution in [1.29, 1.82) is 0 Å². The van der Waals surface area contributed by atoms with Crippen molar-refractivity contribution >= 4 is 17.4 Å². The summed E-state index contributed by atoms with van der Waals surface area (Å²) < 4.78 is 0. The standard InChI is InChI=1S/C16H20N2O2/c19-15-11-16(20)18(12-15)14-5-3-13(4-6-14)7-10-17-8-1-2-9-17/h3-6H,1-2,7-12H2. The molecule has 106 valence electrons. The van der Waals surface area contributed by atoms with Crippen LogP contribution < -0.4 is 4.90 Å². The largest absolute Gasteiger partial charge is 0.305 e. The molecule has 4 nitrogen and oxygen atoms in total. The molecule has 4 heteroatoms. The molecule has 1 aromatic carbocycles. The lowest BCUT2D eigenvalue weighted by molar-refractivity contribution is -0.121. The van der Waals surface area contributed by atoms with E-state index in [4.69, 9.17) is 0 Å². The van der Waals surface area contributed by atoms with Crippen molar-refractivity contribution in [3.8, 4) is 0 Å². The Morgan fingerprint density at radius 1 is 1.00 bits per heavy atom. The van der Waals surface area contributed by atoms with E-state index in [1.54, 1.807) is 4.90 Å². The smallest absolute Gasteiger partial charge is 0.234 e. The second-order valence-electron chi connectivity index (χ2n) is 5.66. The lowest BCUT2D eigenvalue weighted by Crippen LogP contribution is -2.24. The van der Waals surface area contributed by atoms with Crippen LogP contribution in [0.15, 0.2) is 24.3 Å². The summed E-state index contributed by atoms with van der Waals surface area (Å²) in [6.45, 7) is 3.79. The monoisotopic (exact) mass is 272 g/mol. The molecule has 0 N–H and O–H groups in total. The molecule has 2 saturated heterocycles. The maximum atomic E-state index is 11.7. The molecule has 20 heavy (non-hydrogen) atoms. The van der Waals surface area contributed by atoms with E-state index in [-0.39, 0.29) is 24.7 Å². The fourth-order valence-electron chi connectivity index (χ4n) is 2.96. The van der Waals surface area contributed by atoms with E-state index in [1.165, 1.54) is 31.5 Å². The van der Waals surface area contributed by atoms with Crippen LogP contribution in [-0.4, -0.2) is 42.8 Å². The topological polar surface area (TPSA) is 40.6 Å². The van der Waals surface area contributed by atoms with Gasteiger partial charge in [0.1, 0.15) is 0 Å². The molecule has 0 radical (unpaired) electrons. The summed E-state index contributed by atoms with van der Waals surface area (Å²) in [7, 11) is 0. The van der Waals surface area contributed by atoms with E-state index in [9.17, 15) is 9.59 Å². The number of benzene rings is 1. The highest BCUT2D eigenvalue weighted by molar-refractivity contribution is 6.14. The van der Waals surface area contributed by atoms with Crippen molar-refractivity contribution < 1.29 is 9.59 Å². The summed E-state index contributed by atoms with van der Waals surface area (Å²) in [6.07, 6.45) is 3.75. The number of carbonyl (C=O) groups excluding carboxylic acids is 2. The van der Waals surface area contributed by atoms with Gasteiger partial charge in [0.05, 0.1) is 13.0 Å². The van der Waals surface area contributed by atoms with E-state index in [0.29, 0.717) is 0 Å². The maximum Gasteiger partial charge on any atom is 0.234 e. The van der Waals surface area contributed by atoms with Crippen LogP contribution in [0, 0.1) is 0 Å². The van der Waals surface area contributed by atoms with Gasteiger partial charge in [0.25, 0.3) is 0 Å². The fourth-order valence-corrected chi connectivity index (χ4v) is 2.96. The number of hydrogen-bond acceptors (Lipinski definition) is 3. The molecular weight excluding hydrogens is 252 g/mol. The minimum atomic E-state index is -0.0835. The zero-order valence-corrected chi connectivity index (χ0v) is 11.7. The van der Waals surface area contributed by atoms with Gasteiger partial charge >= 0.3 is 0 Å². The number of Topliss-reactive ketones (excluding diaryl/α,β-unsaturated/α-hetero) is 1. The first-order valence-electron chi connectivity index (χ1n) is 7.36. The average molecular weight is 272 g/mol. The molecule has 2 heterocycles. The average Bonchev–Trinajstić information content (AvgIpc) is 3.07. The van der Waals surface area contributed by atoms with Crippen LogP contribution in [0.5, 0.6) is 0 Å². The quantitative estimate of drug-likeness (QED) is 0.782. The van der Waals surface area contributed by atoms with E-state index in [0.717, 1.165) is 18.7 Å². The van der Waals surface area contributed by atoms with Crippen molar-refractivity contribution in [2.75, 3.05) is 31.1 Å². The van der Waals surface area contributed by atoms with Gasteiger partial charge in [-0.25, -0.2) is 0 Å². The van der Waals surface area contributed by atoms with Crippen LogP contribution >= 0.6 is 0 Å². The highest BCUT2D eigenvalue weighted by atomic mass is 16.2. The third-order valence-corrected chi connectivity index (χ3v) is 4.15. The predicted molar refractivity (Wildman–Crippen MR) is 77.8 cm³/mol. The molecule has 0 saturated carbocycles.